The van der Waals surface area contributed by atoms with Crippen LogP contribution in [0.4, 0.5) is 18.0 Å². The van der Waals surface area contributed by atoms with Gasteiger partial charge in [-0.05, 0) is 82.9 Å². The fourth-order valence-corrected chi connectivity index (χ4v) is 4.14. The normalized spacial score (nSPS) is 13.6. The van der Waals surface area contributed by atoms with Gasteiger partial charge in [-0.3, -0.25) is 4.79 Å². The number of hydrogen-bond acceptors (Lipinski definition) is 9. The number of esters is 1. The van der Waals surface area contributed by atoms with Gasteiger partial charge in [0, 0.05) is 5.56 Å². The second kappa shape index (κ2) is 13.9. The molecule has 4 rings (SSSR count). The lowest BCUT2D eigenvalue weighted by molar-refractivity contribution is -0.0515. The SMILES string of the molecule is COC(=O)c1ccc(C(=O)NCc2nc(-c3ccc(OC(F)F)c(OCC4CC4)c3)oc2C(C)NC(=O)OC(C)(C)C)c(F)c1. The van der Waals surface area contributed by atoms with Crippen molar-refractivity contribution in [3.05, 3.63) is 64.8 Å². The van der Waals surface area contributed by atoms with Crippen LogP contribution in [0.15, 0.2) is 40.8 Å². The number of alkyl carbamates (subject to hydrolysis) is 1. The molecular weight excluding hydrogens is 599 g/mol. The first-order valence-electron chi connectivity index (χ1n) is 14.1. The summed E-state index contributed by atoms with van der Waals surface area (Å²) < 4.78 is 67.0. The number of hydrogen-bond donors (Lipinski definition) is 2. The maximum Gasteiger partial charge on any atom is 0.408 e. The summed E-state index contributed by atoms with van der Waals surface area (Å²) in [5.74, 6) is -2.10. The molecule has 45 heavy (non-hydrogen) atoms. The van der Waals surface area contributed by atoms with E-state index in [1.807, 2.05) is 0 Å². The highest BCUT2D eigenvalue weighted by Crippen LogP contribution is 2.37. The summed E-state index contributed by atoms with van der Waals surface area (Å²) in [6.45, 7) is 3.71. The van der Waals surface area contributed by atoms with E-state index in [9.17, 15) is 27.6 Å². The van der Waals surface area contributed by atoms with E-state index in [1.165, 1.54) is 24.3 Å². The third kappa shape index (κ3) is 9.13. The van der Waals surface area contributed by atoms with E-state index in [0.717, 1.165) is 32.1 Å². The maximum absolute atomic E-state index is 14.7. The molecule has 0 radical (unpaired) electrons. The first-order valence-corrected chi connectivity index (χ1v) is 14.1. The fraction of sp³-hybridized carbons (Fsp3) is 0.419. The zero-order valence-corrected chi connectivity index (χ0v) is 25.4. The predicted octanol–water partition coefficient (Wildman–Crippen LogP) is 6.17. The van der Waals surface area contributed by atoms with E-state index < -0.39 is 42.0 Å². The molecule has 1 unspecified atom stereocenters. The van der Waals surface area contributed by atoms with Gasteiger partial charge in [-0.2, -0.15) is 8.78 Å². The lowest BCUT2D eigenvalue weighted by Gasteiger charge is -2.21. The van der Waals surface area contributed by atoms with Crippen LogP contribution in [0.2, 0.25) is 0 Å². The van der Waals surface area contributed by atoms with E-state index >= 15 is 0 Å². The minimum Gasteiger partial charge on any atom is -0.489 e. The molecule has 2 aromatic carbocycles. The number of benzene rings is 2. The molecule has 1 aromatic heterocycles. The van der Waals surface area contributed by atoms with Crippen LogP contribution in [0.25, 0.3) is 11.5 Å². The molecule has 1 aliphatic carbocycles. The van der Waals surface area contributed by atoms with Gasteiger partial charge in [0.2, 0.25) is 5.89 Å². The highest BCUT2D eigenvalue weighted by atomic mass is 19.3. The van der Waals surface area contributed by atoms with Crippen molar-refractivity contribution in [3.63, 3.8) is 0 Å². The summed E-state index contributed by atoms with van der Waals surface area (Å²) >= 11 is 0. The number of ether oxygens (including phenoxy) is 4. The number of halogens is 3. The van der Waals surface area contributed by atoms with Crippen molar-refractivity contribution < 1.29 is 50.9 Å². The molecule has 0 aliphatic heterocycles. The number of carbonyl (C=O) groups excluding carboxylic acids is 3. The first kappa shape index (κ1) is 33.1. The molecule has 0 saturated heterocycles. The zero-order chi connectivity index (χ0) is 32.9. The number of aromatic nitrogens is 1. The molecule has 0 spiro atoms. The van der Waals surface area contributed by atoms with Crippen LogP contribution in [-0.4, -0.2) is 48.9 Å². The third-order valence-electron chi connectivity index (χ3n) is 6.48. The smallest absolute Gasteiger partial charge is 0.408 e. The number of nitrogens with zero attached hydrogens (tertiary/aromatic N) is 1. The van der Waals surface area contributed by atoms with Crippen LogP contribution >= 0.6 is 0 Å². The van der Waals surface area contributed by atoms with Gasteiger partial charge in [0.05, 0.1) is 37.4 Å². The maximum atomic E-state index is 14.7. The van der Waals surface area contributed by atoms with Crippen molar-refractivity contribution in [1.82, 2.24) is 15.6 Å². The summed E-state index contributed by atoms with van der Waals surface area (Å²) in [5, 5.41) is 5.21. The minimum atomic E-state index is -3.07. The van der Waals surface area contributed by atoms with Gasteiger partial charge >= 0.3 is 18.7 Å². The lowest BCUT2D eigenvalue weighted by atomic mass is 10.1. The van der Waals surface area contributed by atoms with Crippen molar-refractivity contribution in [2.24, 2.45) is 5.92 Å². The van der Waals surface area contributed by atoms with Crippen LogP contribution in [0.5, 0.6) is 11.5 Å². The Kier molecular flexibility index (Phi) is 10.2. The number of methoxy groups -OCH3 is 1. The lowest BCUT2D eigenvalue weighted by Crippen LogP contribution is -2.34. The molecule has 0 bridgehead atoms. The average molecular weight is 634 g/mol. The minimum absolute atomic E-state index is 0.0283. The molecule has 14 heteroatoms. The Labute approximate surface area is 257 Å². The van der Waals surface area contributed by atoms with Crippen molar-refractivity contribution in [2.75, 3.05) is 13.7 Å². The second-order valence-electron chi connectivity index (χ2n) is 11.4. The molecule has 1 heterocycles. The van der Waals surface area contributed by atoms with Gasteiger partial charge in [0.1, 0.15) is 17.1 Å². The third-order valence-corrected chi connectivity index (χ3v) is 6.48. The quantitative estimate of drug-likeness (QED) is 0.224. The molecule has 1 saturated carbocycles. The average Bonchev–Trinajstić information content (AvgIpc) is 3.69. The summed E-state index contributed by atoms with van der Waals surface area (Å²) in [4.78, 5) is 41.5. The summed E-state index contributed by atoms with van der Waals surface area (Å²) in [5.41, 5.74) is -0.654. The van der Waals surface area contributed by atoms with E-state index in [2.05, 4.69) is 25.1 Å². The Bertz CT molecular complexity index is 1550. The van der Waals surface area contributed by atoms with E-state index in [1.54, 1.807) is 27.7 Å². The van der Waals surface area contributed by atoms with Crippen molar-refractivity contribution in [3.8, 4) is 23.0 Å². The Morgan fingerprint density at radius 2 is 1.82 bits per heavy atom. The number of rotatable bonds is 12. The van der Waals surface area contributed by atoms with Crippen LogP contribution in [-0.2, 0) is 16.0 Å². The predicted molar refractivity (Wildman–Crippen MR) is 153 cm³/mol. The van der Waals surface area contributed by atoms with Crippen molar-refractivity contribution in [1.29, 1.82) is 0 Å². The summed E-state index contributed by atoms with van der Waals surface area (Å²) in [6.07, 6.45) is 1.22. The van der Waals surface area contributed by atoms with Gasteiger partial charge in [0.25, 0.3) is 5.91 Å². The number of alkyl halides is 2. The molecule has 3 aromatic rings. The van der Waals surface area contributed by atoms with E-state index in [-0.39, 0.29) is 46.5 Å². The molecule has 1 atom stereocenters. The molecule has 1 aliphatic rings. The zero-order valence-electron chi connectivity index (χ0n) is 25.4. The largest absolute Gasteiger partial charge is 0.489 e. The fourth-order valence-electron chi connectivity index (χ4n) is 4.14. The Hall–Kier alpha value is -4.75. The first-order chi connectivity index (χ1) is 21.2. The van der Waals surface area contributed by atoms with Gasteiger partial charge in [-0.25, -0.2) is 19.0 Å². The van der Waals surface area contributed by atoms with Crippen LogP contribution in [0, 0.1) is 11.7 Å². The second-order valence-corrected chi connectivity index (χ2v) is 11.4. The molecule has 2 amide bonds. The Balaban J connectivity index is 1.62. The highest BCUT2D eigenvalue weighted by molar-refractivity contribution is 5.96. The highest BCUT2D eigenvalue weighted by Gasteiger charge is 2.27. The molecule has 242 valence electrons. The number of carbonyl (C=O) groups is 3. The van der Waals surface area contributed by atoms with Crippen molar-refractivity contribution >= 4 is 18.0 Å². The van der Waals surface area contributed by atoms with Crippen LogP contribution in [0.1, 0.15) is 78.7 Å². The molecule has 1 fully saturated rings. The van der Waals surface area contributed by atoms with Crippen LogP contribution < -0.4 is 20.1 Å². The van der Waals surface area contributed by atoms with Crippen LogP contribution in [0.3, 0.4) is 0 Å². The molecule has 11 nitrogen and oxygen atoms in total. The van der Waals surface area contributed by atoms with Gasteiger partial charge in [-0.15, -0.1) is 0 Å². The molecule has 2 N–H and O–H groups in total. The van der Waals surface area contributed by atoms with Gasteiger partial charge in [-0.1, -0.05) is 0 Å². The Morgan fingerprint density at radius 3 is 2.44 bits per heavy atom. The summed E-state index contributed by atoms with van der Waals surface area (Å²) in [7, 11) is 1.15. The van der Waals surface area contributed by atoms with E-state index in [0.29, 0.717) is 18.1 Å². The number of nitrogens with one attached hydrogen (secondary N) is 2. The topological polar surface area (TPSA) is 138 Å². The van der Waals surface area contributed by atoms with E-state index in [4.69, 9.17) is 13.9 Å². The van der Waals surface area contributed by atoms with Gasteiger partial charge < -0.3 is 34.0 Å². The summed E-state index contributed by atoms with van der Waals surface area (Å²) in [6, 6.07) is 6.67. The number of amides is 2. The monoisotopic (exact) mass is 633 g/mol. The van der Waals surface area contributed by atoms with Gasteiger partial charge in [0.15, 0.2) is 17.3 Å². The Morgan fingerprint density at radius 1 is 1.09 bits per heavy atom. The van der Waals surface area contributed by atoms with Crippen molar-refractivity contribution in [2.45, 2.75) is 65.3 Å². The number of oxazole rings is 1. The molecular formula is C31H34F3N3O8. The standard InChI is InChI=1S/C31H34F3N3O8/c1-16(36-30(40)45-31(2,3)4)25-22(14-35-26(38)20-10-8-19(12-21(20)32)28(39)41-5)37-27(44-25)18-9-11-23(43-29(33)34)24(13-18)42-15-17-6-7-17/h8-13,16-17,29H,6-7,14-15H2,1-5H3,(H,35,38)(H,36,40).